The number of benzene rings is 1. The lowest BCUT2D eigenvalue weighted by atomic mass is 10.2. The van der Waals surface area contributed by atoms with Crippen LogP contribution in [0.4, 0.5) is 10.5 Å². The lowest BCUT2D eigenvalue weighted by molar-refractivity contribution is 0.268. The van der Waals surface area contributed by atoms with Crippen LogP contribution in [0.3, 0.4) is 0 Å². The van der Waals surface area contributed by atoms with E-state index in [-0.39, 0.29) is 0 Å². The van der Waals surface area contributed by atoms with Gasteiger partial charge in [-0.1, -0.05) is 21.9 Å². The predicted molar refractivity (Wildman–Crippen MR) is 60.1 cm³/mol. The largest absolute Gasteiger partial charge is 0.435 e. The van der Waals surface area contributed by atoms with Crippen molar-refractivity contribution in [3.8, 4) is 0 Å². The Labute approximate surface area is 84.9 Å². The molecule has 1 aromatic rings. The van der Waals surface area contributed by atoms with Crippen molar-refractivity contribution >= 4 is 20.9 Å². The fourth-order valence-corrected chi connectivity index (χ4v) is 1.24. The van der Waals surface area contributed by atoms with Gasteiger partial charge in [0.15, 0.2) is 9.93 Å². The van der Waals surface area contributed by atoms with Gasteiger partial charge in [0.05, 0.1) is 0 Å². The Hall–Kier alpha value is -1.16. The molecule has 1 N–H and O–H groups in total. The third kappa shape index (κ3) is 2.96. The molecule has 0 radical (unpaired) electrons. The minimum Gasteiger partial charge on any atom is -0.282 e. The van der Waals surface area contributed by atoms with E-state index in [1.807, 2.05) is 19.1 Å². The second-order valence-corrected chi connectivity index (χ2v) is 6.35. The molecule has 1 rings (SSSR count). The fourth-order valence-electron chi connectivity index (χ4n) is 0.878. The first-order valence-electron chi connectivity index (χ1n) is 4.21. The number of hydrogen-bond donors (Lipinski definition) is 1. The smallest absolute Gasteiger partial charge is 0.282 e. The van der Waals surface area contributed by atoms with E-state index in [4.69, 9.17) is 0 Å². The summed E-state index contributed by atoms with van der Waals surface area (Å²) in [6.07, 6.45) is 2.85. The Kier molecular flexibility index (Phi) is 3.06. The molecule has 0 aromatic heterocycles. The maximum Gasteiger partial charge on any atom is 0.435 e. The second kappa shape index (κ2) is 3.92. The van der Waals surface area contributed by atoms with Crippen LogP contribution in [0.15, 0.2) is 24.3 Å². The van der Waals surface area contributed by atoms with Crippen LogP contribution < -0.4 is 5.32 Å². The zero-order valence-corrected chi connectivity index (χ0v) is 9.35. The fraction of sp³-hybridized carbons (Fsp3) is 0.300. The van der Waals surface area contributed by atoms with E-state index >= 15 is 0 Å². The van der Waals surface area contributed by atoms with E-state index in [0.29, 0.717) is 5.69 Å². The lowest BCUT2D eigenvalue weighted by Crippen LogP contribution is -2.24. The number of rotatable bonds is 1. The first kappa shape index (κ1) is 10.9. The third-order valence-electron chi connectivity index (χ3n) is 1.74. The zero-order chi connectivity index (χ0) is 10.8. The number of carbonyl (C=O) groups excluding carboxylic acids is 1. The molecule has 0 bridgehead atoms. The van der Waals surface area contributed by atoms with E-state index < -0.39 is 15.2 Å². The molecule has 0 heterocycles. The molecule has 0 atom stereocenters. The second-order valence-electron chi connectivity index (χ2n) is 3.51. The molecule has 0 spiro atoms. The molecule has 14 heavy (non-hydrogen) atoms. The van der Waals surface area contributed by atoms with Crippen molar-refractivity contribution in [3.05, 3.63) is 29.8 Å². The van der Waals surface area contributed by atoms with Gasteiger partial charge < -0.3 is 0 Å². The van der Waals surface area contributed by atoms with Crippen LogP contribution in [0.1, 0.15) is 5.56 Å². The summed E-state index contributed by atoms with van der Waals surface area (Å²) >= 11 is 0. The van der Waals surface area contributed by atoms with Gasteiger partial charge in [0, 0.05) is 5.69 Å². The summed E-state index contributed by atoms with van der Waals surface area (Å²) in [7, 11) is -2.41. The standard InChI is InChI=1S/C10H13NO2S/c1-8-4-6-9(7-5-8)11-10(12)14(2,3)13/h4-7H,1-3H3/p+1. The molecule has 76 valence electrons. The molecule has 0 aliphatic heterocycles. The van der Waals surface area contributed by atoms with Crippen molar-refractivity contribution in [2.75, 3.05) is 17.8 Å². The molecule has 0 unspecified atom stereocenters. The van der Waals surface area contributed by atoms with Crippen LogP contribution >= 0.6 is 0 Å². The molecular formula is C10H14NO2S+. The zero-order valence-electron chi connectivity index (χ0n) is 8.53. The van der Waals surface area contributed by atoms with Crippen molar-refractivity contribution in [2.24, 2.45) is 0 Å². The molecule has 1 amide bonds. The highest BCUT2D eigenvalue weighted by atomic mass is 32.2. The highest BCUT2D eigenvalue weighted by molar-refractivity contribution is 8.15. The normalized spacial score (nSPS) is 11.1. The Bertz CT molecular complexity index is 378. The number of amides is 1. The first-order chi connectivity index (χ1) is 6.39. The molecular weight excluding hydrogens is 198 g/mol. The lowest BCUT2D eigenvalue weighted by Gasteiger charge is -2.03. The van der Waals surface area contributed by atoms with Crippen LogP contribution in [0, 0.1) is 6.92 Å². The van der Waals surface area contributed by atoms with Crippen molar-refractivity contribution in [1.29, 1.82) is 0 Å². The first-order valence-corrected chi connectivity index (χ1v) is 6.59. The van der Waals surface area contributed by atoms with E-state index in [1.165, 1.54) is 12.5 Å². The van der Waals surface area contributed by atoms with Gasteiger partial charge in [-0.3, -0.25) is 5.32 Å². The summed E-state index contributed by atoms with van der Waals surface area (Å²) in [5.41, 5.74) is 1.80. The van der Waals surface area contributed by atoms with Crippen LogP contribution in [0.2, 0.25) is 0 Å². The molecule has 0 aliphatic rings. The van der Waals surface area contributed by atoms with Gasteiger partial charge in [0.1, 0.15) is 12.5 Å². The van der Waals surface area contributed by atoms with Crippen LogP contribution in [0.25, 0.3) is 0 Å². The van der Waals surface area contributed by atoms with Gasteiger partial charge >= 0.3 is 5.24 Å². The summed E-state index contributed by atoms with van der Waals surface area (Å²) in [6, 6.07) is 7.36. The molecule has 3 nitrogen and oxygen atoms in total. The summed E-state index contributed by atoms with van der Waals surface area (Å²) in [6.45, 7) is 1.97. The molecule has 4 heteroatoms. The van der Waals surface area contributed by atoms with Gasteiger partial charge in [0.25, 0.3) is 0 Å². The quantitative estimate of drug-likeness (QED) is 0.726. The highest BCUT2D eigenvalue weighted by Crippen LogP contribution is 2.10. The Balaban J connectivity index is 2.76. The van der Waals surface area contributed by atoms with Gasteiger partial charge in [0.2, 0.25) is 0 Å². The van der Waals surface area contributed by atoms with Crippen LogP contribution in [-0.4, -0.2) is 17.8 Å². The summed E-state index contributed by atoms with van der Waals surface area (Å²) in [5, 5.41) is 2.17. The van der Waals surface area contributed by atoms with Crippen LogP contribution in [0.5, 0.6) is 0 Å². The van der Waals surface area contributed by atoms with Crippen molar-refractivity contribution in [2.45, 2.75) is 6.92 Å². The maximum atomic E-state index is 11.3. The molecule has 1 aromatic carbocycles. The van der Waals surface area contributed by atoms with Crippen LogP contribution in [-0.2, 0) is 14.1 Å². The minimum atomic E-state index is -2.41. The topological polar surface area (TPSA) is 46.2 Å². The number of nitrogens with one attached hydrogen (secondary N) is 1. The maximum absolute atomic E-state index is 11.3. The minimum absolute atomic E-state index is 0.429. The molecule has 0 fully saturated rings. The Morgan fingerprint density at radius 3 is 2.14 bits per heavy atom. The summed E-state index contributed by atoms with van der Waals surface area (Å²) in [5.74, 6) is 0. The van der Waals surface area contributed by atoms with Gasteiger partial charge in [-0.15, -0.1) is 0 Å². The number of anilines is 1. The third-order valence-corrected chi connectivity index (χ3v) is 2.74. The number of carbonyl (C=O) groups is 1. The SMILES string of the molecule is Cc1ccc(NC(=O)[S+](C)(C)=O)cc1. The number of hydrogen-bond acceptors (Lipinski definition) is 2. The molecule has 0 aliphatic carbocycles. The number of aryl methyl sites for hydroxylation is 1. The highest BCUT2D eigenvalue weighted by Gasteiger charge is 2.25. The van der Waals surface area contributed by atoms with E-state index in [2.05, 4.69) is 5.32 Å². The van der Waals surface area contributed by atoms with E-state index in [0.717, 1.165) is 5.56 Å². The summed E-state index contributed by atoms with van der Waals surface area (Å²) < 4.78 is 11.3. The van der Waals surface area contributed by atoms with E-state index in [1.54, 1.807) is 12.1 Å². The molecule has 0 saturated heterocycles. The average Bonchev–Trinajstić information content (AvgIpc) is 2.07. The van der Waals surface area contributed by atoms with Crippen molar-refractivity contribution in [3.63, 3.8) is 0 Å². The van der Waals surface area contributed by atoms with Crippen molar-refractivity contribution < 1.29 is 9.00 Å². The van der Waals surface area contributed by atoms with Gasteiger partial charge in [-0.2, -0.15) is 0 Å². The average molecular weight is 212 g/mol. The van der Waals surface area contributed by atoms with Gasteiger partial charge in [-0.05, 0) is 19.1 Å². The predicted octanol–water partition coefficient (Wildman–Crippen LogP) is 2.29. The molecule has 0 saturated carbocycles. The Morgan fingerprint density at radius 1 is 1.21 bits per heavy atom. The van der Waals surface area contributed by atoms with E-state index in [9.17, 15) is 9.00 Å². The monoisotopic (exact) mass is 212 g/mol. The van der Waals surface area contributed by atoms with Gasteiger partial charge in [-0.25, -0.2) is 4.79 Å². The Morgan fingerprint density at radius 2 is 1.71 bits per heavy atom. The summed E-state index contributed by atoms with van der Waals surface area (Å²) in [4.78, 5) is 11.3. The van der Waals surface area contributed by atoms with Crippen molar-refractivity contribution in [1.82, 2.24) is 0 Å².